The Morgan fingerprint density at radius 2 is 2.15 bits per heavy atom. The van der Waals surface area contributed by atoms with E-state index in [1.54, 1.807) is 5.51 Å². The zero-order valence-electron chi connectivity index (χ0n) is 10.3. The van der Waals surface area contributed by atoms with Crippen LogP contribution in [0.2, 0.25) is 0 Å². The summed E-state index contributed by atoms with van der Waals surface area (Å²) in [6.45, 7) is 1.45. The molecule has 0 aliphatic rings. The number of nitrogens with zero attached hydrogens (tertiary/aromatic N) is 3. The lowest BCUT2D eigenvalue weighted by Gasteiger charge is -2.12. The van der Waals surface area contributed by atoms with Gasteiger partial charge in [-0.3, -0.25) is 4.98 Å². The number of rotatable bonds is 4. The lowest BCUT2D eigenvalue weighted by Crippen LogP contribution is -2.16. The van der Waals surface area contributed by atoms with E-state index in [1.165, 1.54) is 24.5 Å². The van der Waals surface area contributed by atoms with Crippen molar-refractivity contribution in [2.24, 2.45) is 0 Å². The molecule has 0 saturated heterocycles. The Morgan fingerprint density at radius 1 is 1.40 bits per heavy atom. The van der Waals surface area contributed by atoms with Gasteiger partial charge in [0.25, 0.3) is 0 Å². The number of aliphatic hydroxyl groups excluding tert-OH is 1. The van der Waals surface area contributed by atoms with E-state index >= 15 is 0 Å². The quantitative estimate of drug-likeness (QED) is 0.907. The molecule has 0 aromatic carbocycles. The maximum atomic E-state index is 12.6. The van der Waals surface area contributed by atoms with E-state index in [0.717, 1.165) is 6.07 Å². The number of alkyl halides is 3. The molecule has 0 amide bonds. The zero-order chi connectivity index (χ0) is 14.8. The topological polar surface area (TPSA) is 70.9 Å². The lowest BCUT2D eigenvalue weighted by atomic mass is 10.3. The first-order chi connectivity index (χ1) is 9.36. The van der Waals surface area contributed by atoms with Crippen molar-refractivity contribution in [2.45, 2.75) is 19.2 Å². The van der Waals surface area contributed by atoms with Gasteiger partial charge in [0.2, 0.25) is 5.95 Å². The number of hydrogen-bond donors (Lipinski definition) is 2. The Bertz CT molecular complexity index is 574. The van der Waals surface area contributed by atoms with E-state index in [2.05, 4.69) is 20.3 Å². The second-order valence-corrected chi connectivity index (χ2v) is 4.93. The van der Waals surface area contributed by atoms with E-state index in [9.17, 15) is 18.3 Å². The molecule has 20 heavy (non-hydrogen) atoms. The highest BCUT2D eigenvalue weighted by atomic mass is 32.1. The van der Waals surface area contributed by atoms with Crippen molar-refractivity contribution >= 4 is 17.3 Å². The monoisotopic (exact) mass is 304 g/mol. The van der Waals surface area contributed by atoms with E-state index in [0.29, 0.717) is 4.88 Å². The van der Waals surface area contributed by atoms with Gasteiger partial charge in [0, 0.05) is 18.4 Å². The summed E-state index contributed by atoms with van der Waals surface area (Å²) in [5.41, 5.74) is 0.741. The first kappa shape index (κ1) is 14.7. The van der Waals surface area contributed by atoms with E-state index in [4.69, 9.17) is 0 Å². The van der Waals surface area contributed by atoms with Gasteiger partial charge in [-0.15, -0.1) is 11.3 Å². The second kappa shape index (κ2) is 5.71. The first-order valence-corrected chi connectivity index (χ1v) is 6.47. The van der Waals surface area contributed by atoms with Gasteiger partial charge in [0.1, 0.15) is 11.8 Å². The van der Waals surface area contributed by atoms with E-state index < -0.39 is 18.0 Å². The molecule has 2 heterocycles. The number of thiazole rings is 1. The van der Waals surface area contributed by atoms with Gasteiger partial charge in [-0.05, 0) is 13.0 Å². The van der Waals surface area contributed by atoms with Crippen LogP contribution in [-0.2, 0) is 6.18 Å². The van der Waals surface area contributed by atoms with Crippen molar-refractivity contribution in [2.75, 3.05) is 11.9 Å². The predicted octanol–water partition coefficient (Wildman–Crippen LogP) is 2.41. The van der Waals surface area contributed by atoms with E-state index in [-0.39, 0.29) is 18.2 Å². The maximum absolute atomic E-state index is 12.6. The second-order valence-electron chi connectivity index (χ2n) is 4.02. The molecule has 2 rings (SSSR count). The molecule has 0 fully saturated rings. The first-order valence-electron chi connectivity index (χ1n) is 5.59. The summed E-state index contributed by atoms with van der Waals surface area (Å²) in [6.07, 6.45) is -3.91. The van der Waals surface area contributed by atoms with Gasteiger partial charge in [0.15, 0.2) is 0 Å². The molecule has 0 saturated carbocycles. The molecule has 108 valence electrons. The van der Waals surface area contributed by atoms with Crippen LogP contribution in [-0.4, -0.2) is 26.6 Å². The van der Waals surface area contributed by atoms with Crippen LogP contribution < -0.4 is 5.32 Å². The van der Waals surface area contributed by atoms with Crippen LogP contribution in [0, 0.1) is 6.92 Å². The van der Waals surface area contributed by atoms with Crippen molar-refractivity contribution < 1.29 is 18.3 Å². The fraction of sp³-hybridized carbons (Fsp3) is 0.364. The minimum atomic E-state index is -4.53. The molecule has 1 unspecified atom stereocenters. The minimum Gasteiger partial charge on any atom is -0.386 e. The molecule has 0 aliphatic carbocycles. The van der Waals surface area contributed by atoms with Gasteiger partial charge < -0.3 is 10.4 Å². The van der Waals surface area contributed by atoms with Gasteiger partial charge in [-0.25, -0.2) is 9.97 Å². The molecule has 2 N–H and O–H groups in total. The number of halogens is 3. The van der Waals surface area contributed by atoms with Crippen LogP contribution >= 0.6 is 11.3 Å². The van der Waals surface area contributed by atoms with Gasteiger partial charge in [-0.1, -0.05) is 0 Å². The molecule has 5 nitrogen and oxygen atoms in total. The number of aliphatic hydroxyl groups is 1. The summed E-state index contributed by atoms with van der Waals surface area (Å²) in [5.74, 6) is -0.166. The third-order valence-electron chi connectivity index (χ3n) is 2.38. The fourth-order valence-corrected chi connectivity index (χ4v) is 2.08. The third-order valence-corrected chi connectivity index (χ3v) is 3.25. The highest BCUT2D eigenvalue weighted by Crippen LogP contribution is 2.28. The number of hydrogen-bond acceptors (Lipinski definition) is 6. The summed E-state index contributed by atoms with van der Waals surface area (Å²) in [5, 5.41) is 12.4. The number of aryl methyl sites for hydroxylation is 1. The average molecular weight is 304 g/mol. The Morgan fingerprint density at radius 3 is 2.75 bits per heavy atom. The molecule has 0 aliphatic heterocycles. The van der Waals surface area contributed by atoms with E-state index in [1.807, 2.05) is 0 Å². The molecular weight excluding hydrogens is 293 g/mol. The molecule has 0 spiro atoms. The van der Waals surface area contributed by atoms with Crippen molar-refractivity contribution in [3.63, 3.8) is 0 Å². The van der Waals surface area contributed by atoms with Crippen LogP contribution in [0.25, 0.3) is 0 Å². The van der Waals surface area contributed by atoms with Crippen LogP contribution in [0.3, 0.4) is 0 Å². The molecule has 0 radical (unpaired) electrons. The molecular formula is C11H11F3N4OS. The SMILES string of the molecule is Cc1cc(C(F)(F)F)nc(NCC(O)c2cncs2)n1. The van der Waals surface area contributed by atoms with Crippen molar-refractivity contribution in [1.29, 1.82) is 0 Å². The lowest BCUT2D eigenvalue weighted by molar-refractivity contribution is -0.141. The Balaban J connectivity index is 2.08. The molecule has 2 aromatic rings. The number of aromatic nitrogens is 3. The summed E-state index contributed by atoms with van der Waals surface area (Å²) in [7, 11) is 0. The summed E-state index contributed by atoms with van der Waals surface area (Å²) >= 11 is 1.25. The minimum absolute atomic E-state index is 0.00292. The Labute approximate surface area is 116 Å². The summed E-state index contributed by atoms with van der Waals surface area (Å²) < 4.78 is 37.8. The Hall–Kier alpha value is -1.74. The van der Waals surface area contributed by atoms with Crippen molar-refractivity contribution in [3.05, 3.63) is 34.0 Å². The number of nitrogens with one attached hydrogen (secondary N) is 1. The van der Waals surface area contributed by atoms with Crippen molar-refractivity contribution in [3.8, 4) is 0 Å². The summed E-state index contributed by atoms with van der Waals surface area (Å²) in [4.78, 5) is 11.7. The largest absolute Gasteiger partial charge is 0.433 e. The molecule has 2 aromatic heterocycles. The number of anilines is 1. The highest BCUT2D eigenvalue weighted by Gasteiger charge is 2.33. The van der Waals surface area contributed by atoms with Crippen LogP contribution in [0.15, 0.2) is 17.8 Å². The zero-order valence-corrected chi connectivity index (χ0v) is 11.2. The predicted molar refractivity (Wildman–Crippen MR) is 67.3 cm³/mol. The fourth-order valence-electron chi connectivity index (χ4n) is 1.47. The normalized spacial score (nSPS) is 13.2. The maximum Gasteiger partial charge on any atom is 0.433 e. The van der Waals surface area contributed by atoms with Crippen molar-refractivity contribution in [1.82, 2.24) is 15.0 Å². The van der Waals surface area contributed by atoms with Gasteiger partial charge in [0.05, 0.1) is 10.4 Å². The van der Waals surface area contributed by atoms with Crippen LogP contribution in [0.4, 0.5) is 19.1 Å². The third kappa shape index (κ3) is 3.64. The van der Waals surface area contributed by atoms with Gasteiger partial charge in [-0.2, -0.15) is 13.2 Å². The Kier molecular flexibility index (Phi) is 4.19. The molecule has 0 bridgehead atoms. The average Bonchev–Trinajstić information content (AvgIpc) is 2.88. The summed E-state index contributed by atoms with van der Waals surface area (Å²) in [6, 6.07) is 0.866. The van der Waals surface area contributed by atoms with Crippen LogP contribution in [0.1, 0.15) is 22.4 Å². The van der Waals surface area contributed by atoms with Gasteiger partial charge >= 0.3 is 6.18 Å². The van der Waals surface area contributed by atoms with Crippen LogP contribution in [0.5, 0.6) is 0 Å². The smallest absolute Gasteiger partial charge is 0.386 e. The highest BCUT2D eigenvalue weighted by molar-refractivity contribution is 7.09. The molecule has 1 atom stereocenters. The molecule has 9 heteroatoms. The standard InChI is InChI=1S/C11H11F3N4OS/c1-6-2-9(11(12,13)14)18-10(17-6)16-3-7(19)8-4-15-5-20-8/h2,4-5,7,19H,3H2,1H3,(H,16,17,18).